The normalized spacial score (nSPS) is 18.0. The molecule has 2 amide bonds. The summed E-state index contributed by atoms with van der Waals surface area (Å²) < 4.78 is 3.96. The van der Waals surface area contributed by atoms with E-state index in [1.165, 1.54) is 11.3 Å². The van der Waals surface area contributed by atoms with Crippen molar-refractivity contribution in [3.8, 4) is 11.3 Å². The Morgan fingerprint density at radius 2 is 1.89 bits per heavy atom. The molecule has 6 rings (SSSR count). The fourth-order valence-corrected chi connectivity index (χ4v) is 5.71. The summed E-state index contributed by atoms with van der Waals surface area (Å²) >= 11 is 0. The number of rotatable bonds is 4. The lowest BCUT2D eigenvalue weighted by atomic mass is 10.1. The Bertz CT molecular complexity index is 1500. The minimum atomic E-state index is -0.0309. The highest BCUT2D eigenvalue weighted by Gasteiger charge is 2.32. The van der Waals surface area contributed by atoms with Crippen LogP contribution >= 0.6 is 0 Å². The van der Waals surface area contributed by atoms with E-state index in [0.29, 0.717) is 31.9 Å². The number of amides is 2. The third kappa shape index (κ3) is 4.16. The Morgan fingerprint density at radius 3 is 2.70 bits per heavy atom. The van der Waals surface area contributed by atoms with E-state index in [4.69, 9.17) is 5.10 Å². The number of piperazine rings is 1. The van der Waals surface area contributed by atoms with Crippen molar-refractivity contribution in [2.45, 2.75) is 32.9 Å². The van der Waals surface area contributed by atoms with Crippen LogP contribution < -0.4 is 9.80 Å². The maximum Gasteiger partial charge on any atom is 0.242 e. The number of hydrogen-bond donors (Lipinski definition) is 0. The van der Waals surface area contributed by atoms with Crippen LogP contribution in [0.1, 0.15) is 18.9 Å². The van der Waals surface area contributed by atoms with Crippen LogP contribution in [0.2, 0.25) is 0 Å². The lowest BCUT2D eigenvalue weighted by Gasteiger charge is -2.42. The van der Waals surface area contributed by atoms with Gasteiger partial charge < -0.3 is 14.4 Å². The second-order valence-electron chi connectivity index (χ2n) is 10.2. The summed E-state index contributed by atoms with van der Waals surface area (Å²) in [6.45, 7) is 6.86. The van der Waals surface area contributed by atoms with Crippen LogP contribution in [-0.4, -0.2) is 63.3 Å². The summed E-state index contributed by atoms with van der Waals surface area (Å²) in [4.78, 5) is 32.2. The van der Waals surface area contributed by atoms with Gasteiger partial charge in [-0.25, -0.2) is 4.68 Å². The number of anilines is 2. The minimum absolute atomic E-state index is 0.0227. The van der Waals surface area contributed by atoms with Crippen molar-refractivity contribution in [3.63, 3.8) is 0 Å². The number of hydrogen-bond acceptors (Lipinski definition) is 4. The van der Waals surface area contributed by atoms with Crippen LogP contribution in [0.25, 0.3) is 22.2 Å². The van der Waals surface area contributed by atoms with Crippen molar-refractivity contribution >= 4 is 34.2 Å². The number of carbonyl (C=O) groups excluding carboxylic acids is 2. The van der Waals surface area contributed by atoms with Gasteiger partial charge in [0, 0.05) is 73.6 Å². The molecular weight excluding hydrogens is 464 g/mol. The van der Waals surface area contributed by atoms with Gasteiger partial charge in [0.15, 0.2) is 0 Å². The Hall–Kier alpha value is -4.07. The molecular formula is C29H32N6O2. The number of fused-ring (bicyclic) bond motifs is 2. The number of aromatic nitrogens is 3. The van der Waals surface area contributed by atoms with Crippen LogP contribution in [0, 0.1) is 6.92 Å². The molecule has 1 fully saturated rings. The molecule has 0 radical (unpaired) electrons. The van der Waals surface area contributed by atoms with E-state index in [2.05, 4.69) is 65.9 Å². The van der Waals surface area contributed by atoms with E-state index >= 15 is 0 Å². The highest BCUT2D eigenvalue weighted by molar-refractivity contribution is 6.00. The van der Waals surface area contributed by atoms with Crippen molar-refractivity contribution in [2.24, 2.45) is 7.05 Å². The second-order valence-corrected chi connectivity index (χ2v) is 10.2. The van der Waals surface area contributed by atoms with E-state index in [0.717, 1.165) is 28.7 Å². The third-order valence-electron chi connectivity index (χ3n) is 7.65. The second kappa shape index (κ2) is 9.10. The van der Waals surface area contributed by atoms with E-state index in [1.807, 2.05) is 34.8 Å². The van der Waals surface area contributed by atoms with Gasteiger partial charge in [0.2, 0.25) is 11.8 Å². The first kappa shape index (κ1) is 23.3. The molecule has 190 valence electrons. The number of nitrogens with zero attached hydrogens (tertiary/aromatic N) is 6. The average molecular weight is 497 g/mol. The fraction of sp³-hybridized carbons (Fsp3) is 0.345. The van der Waals surface area contributed by atoms with Gasteiger partial charge in [0.1, 0.15) is 12.4 Å². The third-order valence-corrected chi connectivity index (χ3v) is 7.65. The number of aryl methyl sites for hydroxylation is 3. The first-order valence-electron chi connectivity index (χ1n) is 12.9. The summed E-state index contributed by atoms with van der Waals surface area (Å²) in [7, 11) is 2.02. The molecule has 4 aromatic rings. The van der Waals surface area contributed by atoms with Crippen molar-refractivity contribution in [1.29, 1.82) is 0 Å². The maximum atomic E-state index is 13.4. The first-order valence-corrected chi connectivity index (χ1v) is 12.9. The molecule has 4 heterocycles. The molecule has 2 aromatic heterocycles. The van der Waals surface area contributed by atoms with Crippen LogP contribution in [0.3, 0.4) is 0 Å². The molecule has 8 heteroatoms. The molecule has 0 spiro atoms. The van der Waals surface area contributed by atoms with Gasteiger partial charge in [-0.1, -0.05) is 30.3 Å². The average Bonchev–Trinajstić information content (AvgIpc) is 3.47. The maximum absolute atomic E-state index is 13.4. The lowest BCUT2D eigenvalue weighted by molar-refractivity contribution is -0.132. The Morgan fingerprint density at radius 1 is 1.05 bits per heavy atom. The predicted octanol–water partition coefficient (Wildman–Crippen LogP) is 3.82. The van der Waals surface area contributed by atoms with Crippen molar-refractivity contribution < 1.29 is 9.59 Å². The molecule has 0 N–H and O–H groups in total. The molecule has 37 heavy (non-hydrogen) atoms. The Balaban J connectivity index is 1.21. The van der Waals surface area contributed by atoms with Gasteiger partial charge in [-0.05, 0) is 37.6 Å². The van der Waals surface area contributed by atoms with Crippen molar-refractivity contribution in [3.05, 3.63) is 66.4 Å². The summed E-state index contributed by atoms with van der Waals surface area (Å²) in [6.07, 6.45) is 2.42. The molecule has 0 bridgehead atoms. The van der Waals surface area contributed by atoms with Gasteiger partial charge in [0.05, 0.1) is 12.2 Å². The van der Waals surface area contributed by atoms with E-state index in [1.54, 1.807) is 4.90 Å². The zero-order valence-electron chi connectivity index (χ0n) is 21.6. The smallest absolute Gasteiger partial charge is 0.242 e. The van der Waals surface area contributed by atoms with Gasteiger partial charge in [-0.15, -0.1) is 0 Å². The highest BCUT2D eigenvalue weighted by atomic mass is 16.2. The minimum Gasteiger partial charge on any atom is -0.365 e. The van der Waals surface area contributed by atoms with Crippen molar-refractivity contribution in [1.82, 2.24) is 19.2 Å². The summed E-state index contributed by atoms with van der Waals surface area (Å²) in [5.41, 5.74) is 5.40. The largest absolute Gasteiger partial charge is 0.365 e. The van der Waals surface area contributed by atoms with Gasteiger partial charge in [-0.3, -0.25) is 14.5 Å². The van der Waals surface area contributed by atoms with Gasteiger partial charge in [-0.2, -0.15) is 5.10 Å². The Kier molecular flexibility index (Phi) is 5.74. The summed E-state index contributed by atoms with van der Waals surface area (Å²) in [6, 6.07) is 18.9. The van der Waals surface area contributed by atoms with E-state index in [-0.39, 0.29) is 24.4 Å². The van der Waals surface area contributed by atoms with Crippen molar-refractivity contribution in [2.75, 3.05) is 36.0 Å². The SMILES string of the molecule is Cc1cccc(N2CCN(C(=O)CN3C(=O)CCn4nc(-c5cn(C)c6ccccc56)cc43)C[C@@H]2C)c1. The highest BCUT2D eigenvalue weighted by Crippen LogP contribution is 2.33. The van der Waals surface area contributed by atoms with Crippen LogP contribution in [-0.2, 0) is 23.2 Å². The zero-order chi connectivity index (χ0) is 25.7. The predicted molar refractivity (Wildman–Crippen MR) is 146 cm³/mol. The molecule has 1 saturated heterocycles. The van der Waals surface area contributed by atoms with Gasteiger partial charge in [0.25, 0.3) is 0 Å². The summed E-state index contributed by atoms with van der Waals surface area (Å²) in [5.74, 6) is 0.640. The quantitative estimate of drug-likeness (QED) is 0.431. The summed E-state index contributed by atoms with van der Waals surface area (Å²) in [5, 5.41) is 5.95. The first-order chi connectivity index (χ1) is 17.9. The standard InChI is InChI=1S/C29H32N6O2/c1-20-7-6-8-22(15-20)33-14-13-32(17-21(33)2)29(37)19-34-27-16-25(30-35(27)12-11-28(34)36)24-18-31(3)26-10-5-4-9-23(24)26/h4-10,15-16,18,21H,11-14,17,19H2,1-3H3/t21-/m0/s1. The Labute approximate surface area is 216 Å². The lowest BCUT2D eigenvalue weighted by Crippen LogP contribution is -2.56. The van der Waals surface area contributed by atoms with Gasteiger partial charge >= 0.3 is 0 Å². The van der Waals surface area contributed by atoms with E-state index in [9.17, 15) is 9.59 Å². The molecule has 2 aliphatic rings. The molecule has 8 nitrogen and oxygen atoms in total. The van der Waals surface area contributed by atoms with Crippen LogP contribution in [0.5, 0.6) is 0 Å². The van der Waals surface area contributed by atoms with Crippen LogP contribution in [0.15, 0.2) is 60.8 Å². The number of para-hydroxylation sites is 1. The number of benzene rings is 2. The van der Waals surface area contributed by atoms with E-state index < -0.39 is 0 Å². The molecule has 1 atom stereocenters. The fourth-order valence-electron chi connectivity index (χ4n) is 5.71. The zero-order valence-corrected chi connectivity index (χ0v) is 21.6. The molecule has 2 aliphatic heterocycles. The monoisotopic (exact) mass is 496 g/mol. The molecule has 0 aliphatic carbocycles. The number of carbonyl (C=O) groups is 2. The van der Waals surface area contributed by atoms with Crippen LogP contribution in [0.4, 0.5) is 11.5 Å². The molecule has 2 aromatic carbocycles. The molecule has 0 saturated carbocycles. The molecule has 0 unspecified atom stereocenters. The topological polar surface area (TPSA) is 66.6 Å².